The molecule has 0 saturated carbocycles. The minimum absolute atomic E-state index is 0.00675. The predicted molar refractivity (Wildman–Crippen MR) is 140 cm³/mol. The fourth-order valence-electron chi connectivity index (χ4n) is 4.33. The predicted octanol–water partition coefficient (Wildman–Crippen LogP) is 4.91. The lowest BCUT2D eigenvalue weighted by Crippen LogP contribution is -2.35. The summed E-state index contributed by atoms with van der Waals surface area (Å²) in [5, 5.41) is 2.78. The molecule has 0 bridgehead atoms. The fraction of sp³-hybridized carbons (Fsp3) is 0.345. The highest BCUT2D eigenvalue weighted by molar-refractivity contribution is 5.73. The van der Waals surface area contributed by atoms with Crippen LogP contribution in [0.2, 0.25) is 0 Å². The molecular formula is C29H33N3O5. The van der Waals surface area contributed by atoms with Gasteiger partial charge in [0.25, 0.3) is 0 Å². The van der Waals surface area contributed by atoms with Gasteiger partial charge in [0.1, 0.15) is 12.4 Å². The van der Waals surface area contributed by atoms with Gasteiger partial charge in [-0.25, -0.2) is 4.79 Å². The van der Waals surface area contributed by atoms with Crippen LogP contribution in [0.5, 0.6) is 5.75 Å². The van der Waals surface area contributed by atoms with Crippen molar-refractivity contribution in [3.8, 4) is 5.75 Å². The van der Waals surface area contributed by atoms with E-state index in [-0.39, 0.29) is 13.0 Å². The fourth-order valence-corrected chi connectivity index (χ4v) is 4.33. The summed E-state index contributed by atoms with van der Waals surface area (Å²) in [4.78, 5) is 30.9. The van der Waals surface area contributed by atoms with Crippen LogP contribution < -0.4 is 15.0 Å². The van der Waals surface area contributed by atoms with Crippen molar-refractivity contribution in [1.82, 2.24) is 10.3 Å². The van der Waals surface area contributed by atoms with E-state index in [1.807, 2.05) is 79.1 Å². The lowest BCUT2D eigenvalue weighted by molar-refractivity contribution is -0.141. The molecule has 0 spiro atoms. The van der Waals surface area contributed by atoms with Crippen LogP contribution in [0.1, 0.15) is 36.4 Å². The number of hydrogen-bond acceptors (Lipinski definition) is 7. The first kappa shape index (κ1) is 26.0. The molecule has 1 atom stereocenters. The molecule has 37 heavy (non-hydrogen) atoms. The Morgan fingerprint density at radius 1 is 1.00 bits per heavy atom. The maximum atomic E-state index is 12.4. The molecule has 4 rings (SSSR count). The number of rotatable bonds is 10. The number of carbonyl (C=O) groups excluding carboxylic acids is 2. The molecule has 1 aromatic heterocycles. The molecule has 1 aliphatic rings. The first-order valence-electron chi connectivity index (χ1n) is 12.5. The van der Waals surface area contributed by atoms with Crippen molar-refractivity contribution >= 4 is 17.7 Å². The number of esters is 1. The average Bonchev–Trinajstić information content (AvgIpc) is 2.96. The van der Waals surface area contributed by atoms with E-state index < -0.39 is 18.1 Å². The van der Waals surface area contributed by atoms with Crippen molar-refractivity contribution in [3.05, 3.63) is 90.3 Å². The molecule has 0 aliphatic carbocycles. The Bertz CT molecular complexity index is 1120. The highest BCUT2D eigenvalue weighted by atomic mass is 16.5. The van der Waals surface area contributed by atoms with Crippen molar-refractivity contribution in [1.29, 1.82) is 0 Å². The van der Waals surface area contributed by atoms with Gasteiger partial charge in [0.2, 0.25) is 0 Å². The van der Waals surface area contributed by atoms with Gasteiger partial charge in [0, 0.05) is 31.2 Å². The van der Waals surface area contributed by atoms with Crippen molar-refractivity contribution < 1.29 is 23.8 Å². The van der Waals surface area contributed by atoms with Crippen molar-refractivity contribution in [2.45, 2.75) is 31.9 Å². The standard InChI is InChI=1S/C29H33N3O5/c1-35-28(33)19-27(31-29(34)37-21-22-5-3-2-4-6-22)24-7-9-26(10-8-24)36-20-23-13-17-32(18-14-23)25-11-15-30-16-12-25/h2-12,15-16,23,27H,13-14,17-21H2,1H3,(H,31,34). The maximum Gasteiger partial charge on any atom is 0.407 e. The Kier molecular flexibility index (Phi) is 9.35. The normalized spacial score (nSPS) is 14.5. The highest BCUT2D eigenvalue weighted by Gasteiger charge is 2.22. The zero-order valence-corrected chi connectivity index (χ0v) is 21.0. The Balaban J connectivity index is 1.27. The number of pyridine rings is 1. The number of nitrogens with one attached hydrogen (secondary N) is 1. The quantitative estimate of drug-likeness (QED) is 0.393. The van der Waals surface area contributed by atoms with Crippen LogP contribution in [0.25, 0.3) is 0 Å². The number of ether oxygens (including phenoxy) is 3. The number of amides is 1. The third-order valence-corrected chi connectivity index (χ3v) is 6.51. The Labute approximate surface area is 217 Å². The minimum atomic E-state index is -0.601. The average molecular weight is 504 g/mol. The van der Waals surface area contributed by atoms with Crippen LogP contribution in [0.4, 0.5) is 10.5 Å². The smallest absolute Gasteiger partial charge is 0.407 e. The number of alkyl carbamates (subject to hydrolysis) is 1. The molecule has 3 aromatic rings. The van der Waals surface area contributed by atoms with Gasteiger partial charge in [-0.2, -0.15) is 0 Å². The minimum Gasteiger partial charge on any atom is -0.493 e. The molecule has 2 aromatic carbocycles. The molecule has 1 amide bonds. The summed E-state index contributed by atoms with van der Waals surface area (Å²) in [5.41, 5.74) is 2.86. The lowest BCUT2D eigenvalue weighted by Gasteiger charge is -2.33. The van der Waals surface area contributed by atoms with Gasteiger partial charge in [-0.15, -0.1) is 0 Å². The zero-order chi connectivity index (χ0) is 25.9. The Morgan fingerprint density at radius 3 is 2.38 bits per heavy atom. The van der Waals surface area contributed by atoms with Crippen LogP contribution >= 0.6 is 0 Å². The molecule has 2 heterocycles. The third-order valence-electron chi connectivity index (χ3n) is 6.51. The molecule has 1 unspecified atom stereocenters. The second-order valence-corrected chi connectivity index (χ2v) is 9.05. The van der Waals surface area contributed by atoms with Crippen LogP contribution in [0.15, 0.2) is 79.1 Å². The first-order chi connectivity index (χ1) is 18.1. The molecule has 194 valence electrons. The largest absolute Gasteiger partial charge is 0.493 e. The van der Waals surface area contributed by atoms with Crippen molar-refractivity contribution in [2.75, 3.05) is 31.7 Å². The van der Waals surface area contributed by atoms with Gasteiger partial charge < -0.3 is 24.4 Å². The van der Waals surface area contributed by atoms with E-state index in [9.17, 15) is 9.59 Å². The van der Waals surface area contributed by atoms with Gasteiger partial charge in [0.05, 0.1) is 26.2 Å². The summed E-state index contributed by atoms with van der Waals surface area (Å²) in [5.74, 6) is 0.821. The number of aromatic nitrogens is 1. The number of benzene rings is 2. The van der Waals surface area contributed by atoms with Crippen molar-refractivity contribution in [2.24, 2.45) is 5.92 Å². The van der Waals surface area contributed by atoms with E-state index in [2.05, 4.69) is 15.2 Å². The second-order valence-electron chi connectivity index (χ2n) is 9.05. The van der Waals surface area contributed by atoms with Crippen molar-refractivity contribution in [3.63, 3.8) is 0 Å². The van der Waals surface area contributed by atoms with Gasteiger partial charge in [-0.05, 0) is 54.2 Å². The van der Waals surface area contributed by atoms with E-state index in [1.54, 1.807) is 0 Å². The summed E-state index contributed by atoms with van der Waals surface area (Å²) in [7, 11) is 1.32. The monoisotopic (exact) mass is 503 g/mol. The lowest BCUT2D eigenvalue weighted by atomic mass is 9.97. The molecule has 0 radical (unpaired) electrons. The Hall–Kier alpha value is -4.07. The molecule has 8 heteroatoms. The zero-order valence-electron chi connectivity index (χ0n) is 21.0. The van der Waals surface area contributed by atoms with Crippen LogP contribution in [-0.4, -0.2) is 43.9 Å². The van der Waals surface area contributed by atoms with Gasteiger partial charge in [-0.3, -0.25) is 9.78 Å². The number of piperidine rings is 1. The van der Waals surface area contributed by atoms with Gasteiger partial charge in [0.15, 0.2) is 0 Å². The molecule has 1 N–H and O–H groups in total. The highest BCUT2D eigenvalue weighted by Crippen LogP contribution is 2.25. The van der Waals surface area contributed by atoms with Gasteiger partial charge in [-0.1, -0.05) is 42.5 Å². The maximum absolute atomic E-state index is 12.4. The molecule has 1 saturated heterocycles. The topological polar surface area (TPSA) is 90.0 Å². The summed E-state index contributed by atoms with van der Waals surface area (Å²) in [6.07, 6.45) is 5.18. The van der Waals surface area contributed by atoms with E-state index in [1.165, 1.54) is 12.8 Å². The van der Waals surface area contributed by atoms with E-state index in [0.717, 1.165) is 42.8 Å². The third kappa shape index (κ3) is 7.96. The summed E-state index contributed by atoms with van der Waals surface area (Å²) in [6, 6.07) is 20.4. The summed E-state index contributed by atoms with van der Waals surface area (Å²) < 4.78 is 16.2. The van der Waals surface area contributed by atoms with Crippen LogP contribution in [-0.2, 0) is 20.9 Å². The van der Waals surface area contributed by atoms with E-state index >= 15 is 0 Å². The summed E-state index contributed by atoms with van der Waals surface area (Å²) >= 11 is 0. The van der Waals surface area contributed by atoms with Gasteiger partial charge >= 0.3 is 12.1 Å². The van der Waals surface area contributed by atoms with Crippen LogP contribution in [0, 0.1) is 5.92 Å². The molecule has 1 fully saturated rings. The number of anilines is 1. The Morgan fingerprint density at radius 2 is 1.70 bits per heavy atom. The number of nitrogens with zero attached hydrogens (tertiary/aromatic N) is 2. The number of methoxy groups -OCH3 is 1. The molecular weight excluding hydrogens is 470 g/mol. The molecule has 8 nitrogen and oxygen atoms in total. The summed E-state index contributed by atoms with van der Waals surface area (Å²) in [6.45, 7) is 2.79. The van der Waals surface area contributed by atoms with E-state index in [4.69, 9.17) is 14.2 Å². The van der Waals surface area contributed by atoms with Crippen LogP contribution in [0.3, 0.4) is 0 Å². The number of carbonyl (C=O) groups is 2. The second kappa shape index (κ2) is 13.3. The van der Waals surface area contributed by atoms with E-state index in [0.29, 0.717) is 12.5 Å². The SMILES string of the molecule is COC(=O)CC(NC(=O)OCc1ccccc1)c1ccc(OCC2CCN(c3ccncc3)CC2)cc1. The molecule has 1 aliphatic heterocycles. The first-order valence-corrected chi connectivity index (χ1v) is 12.5. The number of hydrogen-bond donors (Lipinski definition) is 1.